The summed E-state index contributed by atoms with van der Waals surface area (Å²) in [6.07, 6.45) is -0.884. The number of nitrogens with zero attached hydrogens (tertiary/aromatic N) is 2. The first-order valence-electron chi connectivity index (χ1n) is 8.06. The highest BCUT2D eigenvalue weighted by atomic mass is 32.2. The van der Waals surface area contributed by atoms with Crippen molar-refractivity contribution in [3.8, 4) is 0 Å². The summed E-state index contributed by atoms with van der Waals surface area (Å²) in [5.41, 5.74) is 9.10. The van der Waals surface area contributed by atoms with E-state index in [4.69, 9.17) is 16.2 Å². The molecule has 27 heavy (non-hydrogen) atoms. The Morgan fingerprint density at radius 1 is 1.33 bits per heavy atom. The predicted octanol–water partition coefficient (Wildman–Crippen LogP) is 1.36. The van der Waals surface area contributed by atoms with Crippen LogP contribution in [0.5, 0.6) is 0 Å². The summed E-state index contributed by atoms with van der Waals surface area (Å²) in [4.78, 5) is 16.3. The highest BCUT2D eigenvalue weighted by molar-refractivity contribution is 7.89. The number of benzene rings is 1. The van der Waals surface area contributed by atoms with Gasteiger partial charge in [0.2, 0.25) is 16.0 Å². The van der Waals surface area contributed by atoms with Gasteiger partial charge in [-0.2, -0.15) is 0 Å². The average molecular weight is 401 g/mol. The maximum absolute atomic E-state index is 14.5. The maximum Gasteiger partial charge on any atom is 0.414 e. The number of hydrogen-bond acceptors (Lipinski definition) is 7. The van der Waals surface area contributed by atoms with Crippen molar-refractivity contribution >= 4 is 33.5 Å². The molecule has 0 spiro atoms. The Hall–Kier alpha value is -2.56. The topological polar surface area (TPSA) is 140 Å². The van der Waals surface area contributed by atoms with E-state index in [1.807, 2.05) is 0 Å². The lowest BCUT2D eigenvalue weighted by molar-refractivity contribution is 0.0559. The van der Waals surface area contributed by atoms with Gasteiger partial charge in [-0.05, 0) is 39.8 Å². The fraction of sp³-hybridized carbons (Fsp3) is 0.500. The third-order valence-electron chi connectivity index (χ3n) is 3.90. The van der Waals surface area contributed by atoms with E-state index in [1.165, 1.54) is 20.0 Å². The van der Waals surface area contributed by atoms with Crippen molar-refractivity contribution in [1.82, 2.24) is 9.62 Å². The number of nitrogen functional groups attached to an aromatic ring is 2. The first-order valence-corrected chi connectivity index (χ1v) is 9.67. The smallest absolute Gasteiger partial charge is 0.414 e. The number of alkyl carbamates (subject to hydrolysis) is 1. The molecular weight excluding hydrogens is 377 g/mol. The Morgan fingerprint density at radius 2 is 1.89 bits per heavy atom. The fourth-order valence-electron chi connectivity index (χ4n) is 2.58. The van der Waals surface area contributed by atoms with Crippen LogP contribution in [0.2, 0.25) is 0 Å². The minimum atomic E-state index is -3.90. The molecule has 1 amide bonds. The molecule has 11 heteroatoms. The zero-order valence-electron chi connectivity index (χ0n) is 15.8. The van der Waals surface area contributed by atoms with E-state index < -0.39 is 38.8 Å². The minimum absolute atomic E-state index is 0.0340. The Kier molecular flexibility index (Phi) is 5.04. The van der Waals surface area contributed by atoms with Gasteiger partial charge in [0.25, 0.3) is 0 Å². The number of amides is 1. The molecule has 5 N–H and O–H groups in total. The quantitative estimate of drug-likeness (QED) is 0.607. The van der Waals surface area contributed by atoms with Crippen LogP contribution in [0.4, 0.5) is 20.6 Å². The number of ether oxygens (including phenoxy) is 1. The van der Waals surface area contributed by atoms with Gasteiger partial charge in [-0.1, -0.05) is 0 Å². The first-order chi connectivity index (χ1) is 12.1. The van der Waals surface area contributed by atoms with Gasteiger partial charge in [-0.25, -0.2) is 26.9 Å². The van der Waals surface area contributed by atoms with Gasteiger partial charge in [0, 0.05) is 12.6 Å². The molecule has 1 heterocycles. The normalized spacial score (nSPS) is 22.1. The molecule has 1 aromatic carbocycles. The van der Waals surface area contributed by atoms with E-state index in [0.29, 0.717) is 0 Å². The van der Waals surface area contributed by atoms with E-state index >= 15 is 0 Å². The van der Waals surface area contributed by atoms with Gasteiger partial charge in [0.15, 0.2) is 0 Å². The summed E-state index contributed by atoms with van der Waals surface area (Å²) in [5.74, 6) is -1.55. The molecule has 0 saturated carbocycles. The molecule has 0 unspecified atom stereocenters. The number of carbonyl (C=O) groups excluding carboxylic acids is 1. The van der Waals surface area contributed by atoms with Gasteiger partial charge >= 0.3 is 6.09 Å². The van der Waals surface area contributed by atoms with E-state index in [1.54, 1.807) is 20.8 Å². The van der Waals surface area contributed by atoms with Crippen LogP contribution in [0.15, 0.2) is 17.1 Å². The van der Waals surface area contributed by atoms with Crippen molar-refractivity contribution in [2.45, 2.75) is 38.8 Å². The summed E-state index contributed by atoms with van der Waals surface area (Å²) in [5, 5.41) is 2.31. The molecule has 0 aliphatic carbocycles. The lowest BCUT2D eigenvalue weighted by atomic mass is 9.93. The third kappa shape index (κ3) is 4.41. The molecular formula is C16H24FN5O4S. The lowest BCUT2D eigenvalue weighted by Gasteiger charge is -2.36. The van der Waals surface area contributed by atoms with Crippen LogP contribution in [-0.4, -0.2) is 43.2 Å². The molecule has 9 nitrogen and oxygen atoms in total. The van der Waals surface area contributed by atoms with E-state index in [2.05, 4.69) is 10.3 Å². The second-order valence-electron chi connectivity index (χ2n) is 7.52. The van der Waals surface area contributed by atoms with E-state index in [-0.39, 0.29) is 22.9 Å². The molecule has 150 valence electrons. The van der Waals surface area contributed by atoms with Gasteiger partial charge in [-0.15, -0.1) is 0 Å². The number of guanidine groups is 1. The minimum Gasteiger partial charge on any atom is -0.444 e. The van der Waals surface area contributed by atoms with Gasteiger partial charge < -0.3 is 16.2 Å². The maximum atomic E-state index is 14.5. The second-order valence-corrected chi connectivity index (χ2v) is 9.52. The van der Waals surface area contributed by atoms with Gasteiger partial charge in [0.1, 0.15) is 17.0 Å². The molecule has 0 bridgehead atoms. The number of hydrogen-bond donors (Lipinski definition) is 3. The lowest BCUT2D eigenvalue weighted by Crippen LogP contribution is -2.54. The molecule has 1 atom stereocenters. The van der Waals surface area contributed by atoms with Crippen molar-refractivity contribution in [2.24, 2.45) is 4.99 Å². The summed E-state index contributed by atoms with van der Waals surface area (Å²) in [7, 11) is -2.67. The van der Waals surface area contributed by atoms with Crippen LogP contribution in [0.3, 0.4) is 0 Å². The predicted molar refractivity (Wildman–Crippen MR) is 101 cm³/mol. The fourth-order valence-corrected chi connectivity index (χ4v) is 4.05. The molecule has 0 fully saturated rings. The van der Waals surface area contributed by atoms with Crippen LogP contribution in [0, 0.1) is 5.82 Å². The molecule has 0 radical (unpaired) electrons. The Labute approximate surface area is 157 Å². The van der Waals surface area contributed by atoms with Gasteiger partial charge in [-0.3, -0.25) is 5.32 Å². The van der Waals surface area contributed by atoms with E-state index in [0.717, 1.165) is 10.4 Å². The molecule has 1 aromatic rings. The Morgan fingerprint density at radius 3 is 2.44 bits per heavy atom. The van der Waals surface area contributed by atoms with Crippen molar-refractivity contribution in [2.75, 3.05) is 24.3 Å². The van der Waals surface area contributed by atoms with E-state index in [9.17, 15) is 17.6 Å². The Bertz CT molecular complexity index is 910. The van der Waals surface area contributed by atoms with Gasteiger partial charge in [0.05, 0.1) is 17.1 Å². The zero-order chi connectivity index (χ0) is 20.8. The van der Waals surface area contributed by atoms with Crippen molar-refractivity contribution in [3.05, 3.63) is 23.5 Å². The number of carbonyl (C=O) groups is 1. The van der Waals surface area contributed by atoms with Crippen LogP contribution >= 0.6 is 0 Å². The molecule has 2 rings (SSSR count). The highest BCUT2D eigenvalue weighted by Gasteiger charge is 2.43. The highest BCUT2D eigenvalue weighted by Crippen LogP contribution is 2.36. The molecule has 0 aromatic heterocycles. The van der Waals surface area contributed by atoms with Crippen molar-refractivity contribution in [3.63, 3.8) is 0 Å². The SMILES string of the molecule is CN1C(NC(=O)OC(C)(C)C)=N[C@](C)(c2cc(N)c(N)cc2F)CS1(=O)=O. The number of aliphatic imine (C=N–C) groups is 1. The number of sulfonamides is 1. The molecule has 0 saturated heterocycles. The van der Waals surface area contributed by atoms with Crippen molar-refractivity contribution in [1.29, 1.82) is 0 Å². The average Bonchev–Trinajstić information content (AvgIpc) is 2.45. The number of anilines is 2. The van der Waals surface area contributed by atoms with Crippen LogP contribution in [0.25, 0.3) is 0 Å². The first kappa shape index (κ1) is 20.7. The second kappa shape index (κ2) is 6.55. The van der Waals surface area contributed by atoms with Crippen LogP contribution in [-0.2, 0) is 20.3 Å². The summed E-state index contributed by atoms with van der Waals surface area (Å²) < 4.78 is 45.6. The zero-order valence-corrected chi connectivity index (χ0v) is 16.6. The number of halogens is 1. The monoisotopic (exact) mass is 401 g/mol. The number of rotatable bonds is 1. The number of nitrogens with two attached hydrogens (primary N) is 2. The molecule has 1 aliphatic heterocycles. The van der Waals surface area contributed by atoms with Crippen LogP contribution < -0.4 is 16.8 Å². The summed E-state index contributed by atoms with van der Waals surface area (Å²) in [6.45, 7) is 6.41. The third-order valence-corrected chi connectivity index (χ3v) is 5.83. The summed E-state index contributed by atoms with van der Waals surface area (Å²) in [6, 6.07) is 2.26. The Balaban J connectivity index is 2.52. The largest absolute Gasteiger partial charge is 0.444 e. The molecule has 1 aliphatic rings. The number of nitrogens with one attached hydrogen (secondary N) is 1. The van der Waals surface area contributed by atoms with Crippen molar-refractivity contribution < 1.29 is 22.3 Å². The summed E-state index contributed by atoms with van der Waals surface area (Å²) >= 11 is 0. The standard InChI is InChI=1S/C16H24FN5O4S/c1-15(2,3)26-14(23)20-13-21-16(4,8-27(24,25)22(13)5)9-6-11(18)12(19)7-10(9)17/h6-7H,8,18-19H2,1-5H3,(H,20,21,23)/t16-/m0/s1. The van der Waals surface area contributed by atoms with Crippen LogP contribution in [0.1, 0.15) is 33.3 Å².